The third-order valence-electron chi connectivity index (χ3n) is 3.71. The van der Waals surface area contributed by atoms with E-state index in [0.29, 0.717) is 25.8 Å². The van der Waals surface area contributed by atoms with Gasteiger partial charge in [-0.3, -0.25) is 0 Å². The van der Waals surface area contributed by atoms with Gasteiger partial charge in [-0.2, -0.15) is 0 Å². The molecule has 0 unspecified atom stereocenters. The Morgan fingerprint density at radius 1 is 1.19 bits per heavy atom. The van der Waals surface area contributed by atoms with Crippen molar-refractivity contribution in [3.05, 3.63) is 29.6 Å². The molecule has 1 aromatic carbocycles. The first-order chi connectivity index (χ1) is 10.3. The van der Waals surface area contributed by atoms with Gasteiger partial charge in [0.2, 0.25) is 0 Å². The van der Waals surface area contributed by atoms with Crippen molar-refractivity contribution in [2.24, 2.45) is 0 Å². The van der Waals surface area contributed by atoms with E-state index in [1.807, 2.05) is 6.07 Å². The van der Waals surface area contributed by atoms with Crippen LogP contribution in [0.5, 0.6) is 0 Å². The second-order valence-electron chi connectivity index (χ2n) is 5.37. The first-order valence-corrected chi connectivity index (χ1v) is 7.50. The molecule has 0 aromatic heterocycles. The highest BCUT2D eigenvalue weighted by atomic mass is 19.1. The Kier molecular flexibility index (Phi) is 6.42. The van der Waals surface area contributed by atoms with Crippen LogP contribution in [0.15, 0.2) is 18.2 Å². The van der Waals surface area contributed by atoms with Crippen molar-refractivity contribution in [1.29, 1.82) is 0 Å². The molecule has 0 bridgehead atoms. The normalized spacial score (nSPS) is 14.4. The van der Waals surface area contributed by atoms with Crippen molar-refractivity contribution in [3.63, 3.8) is 0 Å². The molecule has 4 nitrogen and oxygen atoms in total. The topological polar surface area (TPSA) is 33.7 Å². The molecular weight excluding hydrogens is 271 g/mol. The van der Waals surface area contributed by atoms with Crippen LogP contribution >= 0.6 is 0 Å². The molecule has 2 rings (SSSR count). The molecule has 0 saturated heterocycles. The molecule has 5 heteroatoms. The van der Waals surface area contributed by atoms with E-state index < -0.39 is 0 Å². The minimum atomic E-state index is -0.152. The van der Waals surface area contributed by atoms with E-state index in [9.17, 15) is 4.39 Å². The van der Waals surface area contributed by atoms with Crippen molar-refractivity contribution < 1.29 is 13.9 Å². The first-order valence-electron chi connectivity index (χ1n) is 7.50. The van der Waals surface area contributed by atoms with Gasteiger partial charge in [0.1, 0.15) is 5.82 Å². The van der Waals surface area contributed by atoms with Crippen molar-refractivity contribution in [2.75, 3.05) is 45.4 Å². The molecule has 0 amide bonds. The van der Waals surface area contributed by atoms with Crippen molar-refractivity contribution in [3.8, 4) is 0 Å². The molecular formula is C16H25FN2O2. The molecule has 118 valence electrons. The minimum Gasteiger partial charge on any atom is -0.383 e. The maximum absolute atomic E-state index is 14.2. The van der Waals surface area contributed by atoms with Crippen LogP contribution in [0.1, 0.15) is 18.4 Å². The smallest absolute Gasteiger partial charge is 0.129 e. The lowest BCUT2D eigenvalue weighted by Crippen LogP contribution is -2.32. The van der Waals surface area contributed by atoms with Gasteiger partial charge in [0.15, 0.2) is 0 Å². The number of hydrogen-bond acceptors (Lipinski definition) is 4. The van der Waals surface area contributed by atoms with E-state index in [-0.39, 0.29) is 5.82 Å². The summed E-state index contributed by atoms with van der Waals surface area (Å²) >= 11 is 0. The molecule has 1 aliphatic carbocycles. The van der Waals surface area contributed by atoms with Gasteiger partial charge in [-0.1, -0.05) is 6.07 Å². The van der Waals surface area contributed by atoms with Gasteiger partial charge in [0.25, 0.3) is 0 Å². The zero-order valence-electron chi connectivity index (χ0n) is 12.9. The average molecular weight is 296 g/mol. The highest BCUT2D eigenvalue weighted by Gasteiger charge is 2.22. The van der Waals surface area contributed by atoms with E-state index >= 15 is 0 Å². The number of anilines is 1. The maximum Gasteiger partial charge on any atom is 0.129 e. The minimum absolute atomic E-state index is 0.152. The standard InChI is InChI=1S/C16H25FN2O2/c1-20-10-8-19(9-11-21-2)16-5-3-4-15(17)14(16)12-18-13-6-7-13/h3-5,13,18H,6-12H2,1-2H3. The van der Waals surface area contributed by atoms with Gasteiger partial charge in [-0.05, 0) is 25.0 Å². The van der Waals surface area contributed by atoms with Crippen molar-refractivity contribution in [1.82, 2.24) is 5.32 Å². The summed E-state index contributed by atoms with van der Waals surface area (Å²) in [6.07, 6.45) is 2.39. The van der Waals surface area contributed by atoms with Crippen molar-refractivity contribution in [2.45, 2.75) is 25.4 Å². The summed E-state index contributed by atoms with van der Waals surface area (Å²) in [5.74, 6) is -0.152. The number of hydrogen-bond donors (Lipinski definition) is 1. The molecule has 21 heavy (non-hydrogen) atoms. The summed E-state index contributed by atoms with van der Waals surface area (Å²) in [6, 6.07) is 5.82. The monoisotopic (exact) mass is 296 g/mol. The largest absolute Gasteiger partial charge is 0.383 e. The van der Waals surface area contributed by atoms with Crippen LogP contribution < -0.4 is 10.2 Å². The maximum atomic E-state index is 14.2. The second kappa shape index (κ2) is 8.32. The fraction of sp³-hybridized carbons (Fsp3) is 0.625. The summed E-state index contributed by atoms with van der Waals surface area (Å²) in [5.41, 5.74) is 1.66. The molecule has 1 N–H and O–H groups in total. The van der Waals surface area contributed by atoms with Gasteiger partial charge < -0.3 is 19.7 Å². The molecule has 1 fully saturated rings. The van der Waals surface area contributed by atoms with E-state index in [2.05, 4.69) is 10.2 Å². The number of nitrogens with one attached hydrogen (secondary N) is 1. The number of ether oxygens (including phenoxy) is 2. The van der Waals surface area contributed by atoms with E-state index in [4.69, 9.17) is 9.47 Å². The third-order valence-corrected chi connectivity index (χ3v) is 3.71. The van der Waals surface area contributed by atoms with E-state index in [0.717, 1.165) is 24.3 Å². The lowest BCUT2D eigenvalue weighted by molar-refractivity contribution is 0.190. The first kappa shape index (κ1) is 16.2. The Labute approximate surface area is 126 Å². The number of halogens is 1. The molecule has 0 atom stereocenters. The predicted molar refractivity (Wildman–Crippen MR) is 82.2 cm³/mol. The van der Waals surface area contributed by atoms with Crippen LogP contribution in [-0.4, -0.2) is 46.6 Å². The van der Waals surface area contributed by atoms with Gasteiger partial charge in [0.05, 0.1) is 13.2 Å². The van der Waals surface area contributed by atoms with Gasteiger partial charge in [-0.25, -0.2) is 4.39 Å². The number of methoxy groups -OCH3 is 2. The molecule has 1 aromatic rings. The summed E-state index contributed by atoms with van der Waals surface area (Å²) in [7, 11) is 3.35. The Bertz CT molecular complexity index is 430. The fourth-order valence-corrected chi connectivity index (χ4v) is 2.31. The summed E-state index contributed by atoms with van der Waals surface area (Å²) < 4.78 is 24.5. The zero-order chi connectivity index (χ0) is 15.1. The predicted octanol–water partition coefficient (Wildman–Crippen LogP) is 2.18. The molecule has 1 aliphatic rings. The average Bonchev–Trinajstić information content (AvgIpc) is 3.30. The fourth-order valence-electron chi connectivity index (χ4n) is 2.31. The summed E-state index contributed by atoms with van der Waals surface area (Å²) in [4.78, 5) is 2.12. The van der Waals surface area contributed by atoms with Crippen LogP contribution in [0.3, 0.4) is 0 Å². The highest BCUT2D eigenvalue weighted by Crippen LogP contribution is 2.25. The van der Waals surface area contributed by atoms with Crippen LogP contribution in [0, 0.1) is 5.82 Å². The Morgan fingerprint density at radius 3 is 2.43 bits per heavy atom. The summed E-state index contributed by atoms with van der Waals surface area (Å²) in [5, 5.41) is 3.39. The Morgan fingerprint density at radius 2 is 1.86 bits per heavy atom. The number of nitrogens with zero attached hydrogens (tertiary/aromatic N) is 1. The Balaban J connectivity index is 2.13. The highest BCUT2D eigenvalue weighted by molar-refractivity contribution is 5.54. The molecule has 1 saturated carbocycles. The third kappa shape index (κ3) is 4.95. The molecule has 0 aliphatic heterocycles. The molecule has 0 spiro atoms. The second-order valence-corrected chi connectivity index (χ2v) is 5.37. The molecule has 0 heterocycles. The van der Waals surface area contributed by atoms with Crippen LogP contribution in [0.4, 0.5) is 10.1 Å². The lowest BCUT2D eigenvalue weighted by atomic mass is 10.1. The van der Waals surface area contributed by atoms with Crippen molar-refractivity contribution >= 4 is 5.69 Å². The Hall–Kier alpha value is -1.17. The summed E-state index contributed by atoms with van der Waals surface area (Å²) in [6.45, 7) is 3.23. The van der Waals surface area contributed by atoms with Gasteiger partial charge >= 0.3 is 0 Å². The van der Waals surface area contributed by atoms with Gasteiger partial charge in [0, 0.05) is 51.1 Å². The van der Waals surface area contributed by atoms with Crippen LogP contribution in [-0.2, 0) is 16.0 Å². The molecule has 0 radical (unpaired) electrons. The lowest BCUT2D eigenvalue weighted by Gasteiger charge is -2.27. The number of rotatable bonds is 10. The SMILES string of the molecule is COCCN(CCOC)c1cccc(F)c1CNC1CC1. The number of benzene rings is 1. The van der Waals surface area contributed by atoms with E-state index in [1.54, 1.807) is 20.3 Å². The van der Waals surface area contributed by atoms with Gasteiger partial charge in [-0.15, -0.1) is 0 Å². The van der Waals surface area contributed by atoms with Crippen LogP contribution in [0.2, 0.25) is 0 Å². The zero-order valence-corrected chi connectivity index (χ0v) is 12.9. The van der Waals surface area contributed by atoms with Crippen LogP contribution in [0.25, 0.3) is 0 Å². The van der Waals surface area contributed by atoms with E-state index in [1.165, 1.54) is 18.9 Å². The quantitative estimate of drug-likeness (QED) is 0.717.